The summed E-state index contributed by atoms with van der Waals surface area (Å²) in [5.41, 5.74) is 5.40. The minimum Gasteiger partial charge on any atom is -0.465 e. The number of hydrogen-bond donors (Lipinski definition) is 1. The van der Waals surface area contributed by atoms with Crippen molar-refractivity contribution in [2.45, 2.75) is 0 Å². The second-order valence-corrected chi connectivity index (χ2v) is 5.52. The molecule has 0 fully saturated rings. The molecule has 3 aromatic carbocycles. The Morgan fingerprint density at radius 3 is 1.65 bits per heavy atom. The molecule has 0 aliphatic heterocycles. The average Bonchev–Trinajstić information content (AvgIpc) is 2.72. The summed E-state index contributed by atoms with van der Waals surface area (Å²) in [5, 5.41) is 1.72. The number of rotatable bonds is 5. The van der Waals surface area contributed by atoms with Crippen molar-refractivity contribution in [1.29, 1.82) is 0 Å². The number of carbonyl (C=O) groups excluding carboxylic acids is 2. The number of ether oxygens (including phenoxy) is 1. The molecule has 0 bridgehead atoms. The molecule has 0 saturated carbocycles. The topological polar surface area (TPSA) is 58.6 Å². The van der Waals surface area contributed by atoms with Crippen LogP contribution in [0, 0.1) is 0 Å². The monoisotopic (exact) mass is 346 g/mol. The molecule has 5 nitrogen and oxygen atoms in total. The highest BCUT2D eigenvalue weighted by molar-refractivity contribution is 5.97. The second kappa shape index (κ2) is 7.98. The third kappa shape index (κ3) is 3.89. The summed E-state index contributed by atoms with van der Waals surface area (Å²) >= 11 is 0. The van der Waals surface area contributed by atoms with Crippen LogP contribution in [-0.2, 0) is 4.74 Å². The number of esters is 1. The van der Waals surface area contributed by atoms with Gasteiger partial charge in [0.2, 0.25) is 0 Å². The Bertz CT molecular complexity index is 839. The van der Waals surface area contributed by atoms with Crippen molar-refractivity contribution < 1.29 is 14.3 Å². The highest BCUT2D eigenvalue weighted by Gasteiger charge is 2.14. The van der Waals surface area contributed by atoms with Gasteiger partial charge in [-0.05, 0) is 48.5 Å². The van der Waals surface area contributed by atoms with Crippen LogP contribution in [0.15, 0.2) is 84.9 Å². The summed E-state index contributed by atoms with van der Waals surface area (Å²) in [6.07, 6.45) is 0. The lowest BCUT2D eigenvalue weighted by molar-refractivity contribution is 0.0600. The molecule has 0 spiro atoms. The fourth-order valence-corrected chi connectivity index (χ4v) is 2.47. The van der Waals surface area contributed by atoms with Gasteiger partial charge in [0.05, 0.1) is 24.0 Å². The van der Waals surface area contributed by atoms with E-state index < -0.39 is 5.97 Å². The Morgan fingerprint density at radius 2 is 1.19 bits per heavy atom. The summed E-state index contributed by atoms with van der Waals surface area (Å²) < 4.78 is 4.67. The van der Waals surface area contributed by atoms with Crippen LogP contribution in [0.4, 0.5) is 11.4 Å². The number of para-hydroxylation sites is 2. The Balaban J connectivity index is 1.85. The maximum atomic E-state index is 12.7. The van der Waals surface area contributed by atoms with E-state index in [4.69, 9.17) is 0 Å². The van der Waals surface area contributed by atoms with Crippen molar-refractivity contribution in [3.63, 3.8) is 0 Å². The number of benzene rings is 3. The van der Waals surface area contributed by atoms with Gasteiger partial charge in [0.25, 0.3) is 5.91 Å². The van der Waals surface area contributed by atoms with Crippen LogP contribution in [0.1, 0.15) is 20.7 Å². The van der Waals surface area contributed by atoms with Crippen LogP contribution in [0.2, 0.25) is 0 Å². The highest BCUT2D eigenvalue weighted by atomic mass is 16.5. The molecule has 0 saturated heterocycles. The second-order valence-electron chi connectivity index (χ2n) is 5.52. The van der Waals surface area contributed by atoms with Crippen LogP contribution >= 0.6 is 0 Å². The normalized spacial score (nSPS) is 10.0. The van der Waals surface area contributed by atoms with Crippen molar-refractivity contribution in [2.24, 2.45) is 0 Å². The molecular weight excluding hydrogens is 328 g/mol. The third-order valence-electron chi connectivity index (χ3n) is 3.81. The molecule has 5 heteroatoms. The Morgan fingerprint density at radius 1 is 0.731 bits per heavy atom. The van der Waals surface area contributed by atoms with Crippen molar-refractivity contribution in [1.82, 2.24) is 5.43 Å². The van der Waals surface area contributed by atoms with E-state index in [0.29, 0.717) is 11.1 Å². The molecule has 0 atom stereocenters. The molecule has 1 N–H and O–H groups in total. The van der Waals surface area contributed by atoms with Gasteiger partial charge in [-0.3, -0.25) is 15.2 Å². The van der Waals surface area contributed by atoms with E-state index in [-0.39, 0.29) is 5.91 Å². The molecule has 3 aromatic rings. The van der Waals surface area contributed by atoms with E-state index in [1.54, 1.807) is 29.3 Å². The molecule has 0 aliphatic rings. The molecule has 0 aromatic heterocycles. The van der Waals surface area contributed by atoms with Crippen LogP contribution in [0.25, 0.3) is 0 Å². The predicted octanol–water partition coefficient (Wildman–Crippen LogP) is 3.96. The van der Waals surface area contributed by atoms with Crippen molar-refractivity contribution in [3.8, 4) is 0 Å². The number of hydrazine groups is 1. The van der Waals surface area contributed by atoms with Gasteiger partial charge in [0.1, 0.15) is 0 Å². The minimum absolute atomic E-state index is 0.283. The summed E-state index contributed by atoms with van der Waals surface area (Å²) in [4.78, 5) is 24.2. The molecule has 1 amide bonds. The molecule has 26 heavy (non-hydrogen) atoms. The molecule has 130 valence electrons. The van der Waals surface area contributed by atoms with Crippen molar-refractivity contribution in [2.75, 3.05) is 12.1 Å². The lowest BCUT2D eigenvalue weighted by Crippen LogP contribution is -2.38. The zero-order chi connectivity index (χ0) is 18.4. The van der Waals surface area contributed by atoms with Gasteiger partial charge in [-0.25, -0.2) is 4.79 Å². The fourth-order valence-electron chi connectivity index (χ4n) is 2.47. The zero-order valence-electron chi connectivity index (χ0n) is 14.3. The standard InChI is InChI=1S/C21H18N2O3/c1-26-21(25)17-14-12-16(13-15-17)20(24)22-23(18-8-4-2-5-9-18)19-10-6-3-7-11-19/h2-15H,1H3,(H,22,24). The number of anilines is 2. The SMILES string of the molecule is COC(=O)c1ccc(C(=O)NN(c2ccccc2)c2ccccc2)cc1. The number of amides is 1. The first kappa shape index (κ1) is 17.2. The van der Waals surface area contributed by atoms with Gasteiger partial charge >= 0.3 is 5.97 Å². The van der Waals surface area contributed by atoms with E-state index in [0.717, 1.165) is 11.4 Å². The zero-order valence-corrected chi connectivity index (χ0v) is 14.3. The fraction of sp³-hybridized carbons (Fsp3) is 0.0476. The van der Waals surface area contributed by atoms with Gasteiger partial charge < -0.3 is 4.74 Å². The number of carbonyl (C=O) groups is 2. The lowest BCUT2D eigenvalue weighted by atomic mass is 10.1. The van der Waals surface area contributed by atoms with Crippen LogP contribution < -0.4 is 10.4 Å². The number of methoxy groups -OCH3 is 1. The smallest absolute Gasteiger partial charge is 0.337 e. The van der Waals surface area contributed by atoms with Gasteiger partial charge in [-0.2, -0.15) is 0 Å². The summed E-state index contributed by atoms with van der Waals surface area (Å²) in [6.45, 7) is 0. The van der Waals surface area contributed by atoms with E-state index in [1.165, 1.54) is 7.11 Å². The minimum atomic E-state index is -0.438. The number of nitrogens with one attached hydrogen (secondary N) is 1. The maximum absolute atomic E-state index is 12.7. The van der Waals surface area contributed by atoms with Gasteiger partial charge in [-0.1, -0.05) is 36.4 Å². The van der Waals surface area contributed by atoms with Gasteiger partial charge in [-0.15, -0.1) is 0 Å². The first-order valence-electron chi connectivity index (χ1n) is 8.08. The van der Waals surface area contributed by atoms with Gasteiger partial charge in [0, 0.05) is 5.56 Å². The van der Waals surface area contributed by atoms with E-state index in [2.05, 4.69) is 10.2 Å². The number of hydrogen-bond acceptors (Lipinski definition) is 4. The molecular formula is C21H18N2O3. The molecule has 0 radical (unpaired) electrons. The Labute approximate surface area is 151 Å². The summed E-state index contributed by atoms with van der Waals surface area (Å²) in [7, 11) is 1.32. The summed E-state index contributed by atoms with van der Waals surface area (Å²) in [6, 6.07) is 25.4. The van der Waals surface area contributed by atoms with Crippen molar-refractivity contribution in [3.05, 3.63) is 96.1 Å². The van der Waals surface area contributed by atoms with Gasteiger partial charge in [0.15, 0.2) is 0 Å². The first-order valence-corrected chi connectivity index (χ1v) is 8.08. The largest absolute Gasteiger partial charge is 0.465 e. The molecule has 0 aliphatic carbocycles. The maximum Gasteiger partial charge on any atom is 0.337 e. The summed E-state index contributed by atoms with van der Waals surface area (Å²) in [5.74, 6) is -0.721. The average molecular weight is 346 g/mol. The van der Waals surface area contributed by atoms with Crippen LogP contribution in [0.5, 0.6) is 0 Å². The molecule has 0 heterocycles. The first-order chi connectivity index (χ1) is 12.7. The molecule has 3 rings (SSSR count). The number of nitrogens with zero attached hydrogens (tertiary/aromatic N) is 1. The molecule has 0 unspecified atom stereocenters. The predicted molar refractivity (Wildman–Crippen MR) is 100 cm³/mol. The Hall–Kier alpha value is -3.60. The van der Waals surface area contributed by atoms with Crippen LogP contribution in [-0.4, -0.2) is 19.0 Å². The van der Waals surface area contributed by atoms with Crippen LogP contribution in [0.3, 0.4) is 0 Å². The Kier molecular flexibility index (Phi) is 5.29. The highest BCUT2D eigenvalue weighted by Crippen LogP contribution is 2.22. The lowest BCUT2D eigenvalue weighted by Gasteiger charge is -2.25. The van der Waals surface area contributed by atoms with E-state index in [1.807, 2.05) is 60.7 Å². The third-order valence-corrected chi connectivity index (χ3v) is 3.81. The van der Waals surface area contributed by atoms with E-state index >= 15 is 0 Å². The quantitative estimate of drug-likeness (QED) is 0.561. The van der Waals surface area contributed by atoms with Crippen molar-refractivity contribution >= 4 is 23.3 Å². The van der Waals surface area contributed by atoms with E-state index in [9.17, 15) is 9.59 Å².